The van der Waals surface area contributed by atoms with Crippen molar-refractivity contribution in [1.29, 1.82) is 0 Å². The molecule has 0 radical (unpaired) electrons. The van der Waals surface area contributed by atoms with Gasteiger partial charge in [-0.25, -0.2) is 9.96 Å². The molecule has 0 saturated carbocycles. The van der Waals surface area contributed by atoms with Gasteiger partial charge in [-0.2, -0.15) is 8.42 Å². The van der Waals surface area contributed by atoms with Crippen LogP contribution in [-0.4, -0.2) is 37.9 Å². The first-order valence-corrected chi connectivity index (χ1v) is 15.5. The van der Waals surface area contributed by atoms with E-state index in [2.05, 4.69) is 0 Å². The third kappa shape index (κ3) is 5.70. The number of amides is 2. The van der Waals surface area contributed by atoms with Gasteiger partial charge in [0, 0.05) is 12.1 Å². The fraction of sp³-hybridized carbons (Fsp3) is 0.188. The maximum atomic E-state index is 14.0. The lowest BCUT2D eigenvalue weighted by Gasteiger charge is -2.28. The Morgan fingerprint density at radius 2 is 1.53 bits per heavy atom. The molecule has 13 heteroatoms. The Balaban J connectivity index is 1.34. The maximum absolute atomic E-state index is 14.0. The molecule has 0 aliphatic carbocycles. The van der Waals surface area contributed by atoms with E-state index in [1.165, 1.54) is 47.5 Å². The Morgan fingerprint density at radius 3 is 2.20 bits per heavy atom. The van der Waals surface area contributed by atoms with E-state index in [9.17, 15) is 28.1 Å². The average molecular weight is 630 g/mol. The van der Waals surface area contributed by atoms with Gasteiger partial charge in [0.05, 0.1) is 28.9 Å². The standard InChI is InChI=1S/C32H27N3O9S/c1-2-19-42-25-17-13-22(14-18-25)33-31(36)28-29(34(43-30(28)32(33)37)23-7-6-8-24(20-23)35(38)39)21-11-15-26(16-12-21)44-45(40,41)27-9-4-3-5-10-27/h3-18,20,28-30H,2,19H2,1H3/t28-,29+,30+/m1/s1. The summed E-state index contributed by atoms with van der Waals surface area (Å²) in [6.07, 6.45) is -0.392. The van der Waals surface area contributed by atoms with Crippen LogP contribution in [0, 0.1) is 16.0 Å². The summed E-state index contributed by atoms with van der Waals surface area (Å²) in [5, 5.41) is 12.8. The molecule has 0 N–H and O–H groups in total. The number of fused-ring (bicyclic) bond motifs is 1. The number of imide groups is 1. The number of anilines is 2. The van der Waals surface area contributed by atoms with Crippen LogP contribution in [0.1, 0.15) is 24.9 Å². The van der Waals surface area contributed by atoms with Gasteiger partial charge in [-0.15, -0.1) is 0 Å². The van der Waals surface area contributed by atoms with E-state index >= 15 is 0 Å². The highest BCUT2D eigenvalue weighted by Gasteiger charge is 2.60. The van der Waals surface area contributed by atoms with Gasteiger partial charge in [0.25, 0.3) is 11.6 Å². The normalized spacial score (nSPS) is 19.4. The molecule has 2 fully saturated rings. The molecule has 12 nitrogen and oxygen atoms in total. The maximum Gasteiger partial charge on any atom is 0.339 e. The number of ether oxygens (including phenoxy) is 1. The second kappa shape index (κ2) is 12.0. The van der Waals surface area contributed by atoms with E-state index in [0.717, 1.165) is 11.3 Å². The number of carbonyl (C=O) groups excluding carboxylic acids is 2. The predicted octanol–water partition coefficient (Wildman–Crippen LogP) is 5.20. The molecular weight excluding hydrogens is 602 g/mol. The third-order valence-corrected chi connectivity index (χ3v) is 8.70. The first-order valence-electron chi connectivity index (χ1n) is 14.1. The minimum Gasteiger partial charge on any atom is -0.494 e. The number of hydrogen-bond donors (Lipinski definition) is 0. The van der Waals surface area contributed by atoms with Gasteiger partial charge in [-0.05, 0) is 66.6 Å². The van der Waals surface area contributed by atoms with Crippen LogP contribution in [0.15, 0.2) is 108 Å². The Hall–Kier alpha value is -5.27. The van der Waals surface area contributed by atoms with Crippen LogP contribution < -0.4 is 18.9 Å². The van der Waals surface area contributed by atoms with Gasteiger partial charge >= 0.3 is 10.1 Å². The van der Waals surface area contributed by atoms with Crippen molar-refractivity contribution in [3.8, 4) is 11.5 Å². The lowest BCUT2D eigenvalue weighted by Crippen LogP contribution is -2.37. The van der Waals surface area contributed by atoms with Crippen molar-refractivity contribution >= 4 is 39.0 Å². The van der Waals surface area contributed by atoms with Crippen LogP contribution in [0.25, 0.3) is 0 Å². The summed E-state index contributed by atoms with van der Waals surface area (Å²) in [4.78, 5) is 45.7. The van der Waals surface area contributed by atoms with Crippen LogP contribution in [0.5, 0.6) is 11.5 Å². The summed E-state index contributed by atoms with van der Waals surface area (Å²) >= 11 is 0. The SMILES string of the molecule is CCCOc1ccc(N2C(=O)[C@H]3[C@H](ON(c4cccc([N+](=O)[O-])c4)[C@H]3c3ccc(OS(=O)(=O)c4ccccc4)cc3)C2=O)cc1. The number of nitro benzene ring substituents is 1. The smallest absolute Gasteiger partial charge is 0.339 e. The zero-order chi connectivity index (χ0) is 31.7. The van der Waals surface area contributed by atoms with Crippen LogP contribution in [0.3, 0.4) is 0 Å². The lowest BCUT2D eigenvalue weighted by molar-refractivity contribution is -0.384. The first kappa shape index (κ1) is 29.8. The van der Waals surface area contributed by atoms with E-state index in [0.29, 0.717) is 23.6 Å². The van der Waals surface area contributed by atoms with Gasteiger partial charge in [-0.1, -0.05) is 43.3 Å². The zero-order valence-corrected chi connectivity index (χ0v) is 24.7. The summed E-state index contributed by atoms with van der Waals surface area (Å²) < 4.78 is 36.4. The van der Waals surface area contributed by atoms with Crippen molar-refractivity contribution in [1.82, 2.24) is 0 Å². The number of non-ortho nitro benzene ring substituents is 1. The third-order valence-electron chi connectivity index (χ3n) is 7.44. The van der Waals surface area contributed by atoms with Crippen LogP contribution in [-0.2, 0) is 24.5 Å². The summed E-state index contributed by atoms with van der Waals surface area (Å²) in [6, 6.07) is 25.0. The molecule has 2 heterocycles. The number of benzene rings is 4. The summed E-state index contributed by atoms with van der Waals surface area (Å²) in [7, 11) is -4.10. The van der Waals surface area contributed by atoms with E-state index < -0.39 is 44.9 Å². The van der Waals surface area contributed by atoms with Crippen molar-refractivity contribution < 1.29 is 36.7 Å². The quantitative estimate of drug-likeness (QED) is 0.0993. The highest BCUT2D eigenvalue weighted by Crippen LogP contribution is 2.48. The number of nitrogens with zero attached hydrogens (tertiary/aromatic N) is 3. The van der Waals surface area contributed by atoms with Crippen LogP contribution in [0.2, 0.25) is 0 Å². The van der Waals surface area contributed by atoms with Crippen molar-refractivity contribution in [2.45, 2.75) is 30.4 Å². The minimum absolute atomic E-state index is 0.0157. The average Bonchev–Trinajstić information content (AvgIpc) is 3.56. The second-order valence-electron chi connectivity index (χ2n) is 10.4. The van der Waals surface area contributed by atoms with Crippen molar-refractivity contribution in [2.75, 3.05) is 16.6 Å². The molecule has 2 amide bonds. The fourth-order valence-corrected chi connectivity index (χ4v) is 6.32. The van der Waals surface area contributed by atoms with Crippen LogP contribution >= 0.6 is 0 Å². The highest BCUT2D eigenvalue weighted by atomic mass is 32.2. The van der Waals surface area contributed by atoms with Crippen molar-refractivity contribution in [3.63, 3.8) is 0 Å². The zero-order valence-electron chi connectivity index (χ0n) is 23.9. The van der Waals surface area contributed by atoms with Gasteiger partial charge in [0.15, 0.2) is 6.10 Å². The van der Waals surface area contributed by atoms with Crippen molar-refractivity contribution in [3.05, 3.63) is 119 Å². The number of nitro groups is 1. The molecule has 6 rings (SSSR count). The predicted molar refractivity (Wildman–Crippen MR) is 162 cm³/mol. The molecule has 0 spiro atoms. The molecule has 0 unspecified atom stereocenters. The van der Waals surface area contributed by atoms with E-state index in [1.54, 1.807) is 60.7 Å². The molecule has 45 heavy (non-hydrogen) atoms. The molecule has 4 aromatic carbocycles. The van der Waals surface area contributed by atoms with Crippen molar-refractivity contribution in [2.24, 2.45) is 5.92 Å². The largest absolute Gasteiger partial charge is 0.494 e. The molecular formula is C32H27N3O9S. The highest BCUT2D eigenvalue weighted by molar-refractivity contribution is 7.87. The topological polar surface area (TPSA) is 146 Å². The number of hydrogen-bond acceptors (Lipinski definition) is 10. The molecule has 4 aromatic rings. The number of carbonyl (C=O) groups is 2. The van der Waals surface area contributed by atoms with Gasteiger partial charge in [-0.3, -0.25) is 24.5 Å². The van der Waals surface area contributed by atoms with Gasteiger partial charge in [0.2, 0.25) is 5.91 Å². The van der Waals surface area contributed by atoms with Gasteiger partial charge in [0.1, 0.15) is 22.3 Å². The Kier molecular flexibility index (Phi) is 7.96. The summed E-state index contributed by atoms with van der Waals surface area (Å²) in [6.45, 7) is 2.51. The molecule has 0 aromatic heterocycles. The fourth-order valence-electron chi connectivity index (χ4n) is 5.37. The second-order valence-corrected chi connectivity index (χ2v) is 11.9. The summed E-state index contributed by atoms with van der Waals surface area (Å²) in [5.74, 6) is -1.49. The lowest BCUT2D eigenvalue weighted by atomic mass is 9.90. The first-order chi connectivity index (χ1) is 21.7. The minimum atomic E-state index is -4.10. The van der Waals surface area contributed by atoms with E-state index in [1.807, 2.05) is 6.92 Å². The molecule has 2 aliphatic heterocycles. The monoisotopic (exact) mass is 629 g/mol. The van der Waals surface area contributed by atoms with E-state index in [4.69, 9.17) is 13.8 Å². The molecule has 0 bridgehead atoms. The number of rotatable bonds is 10. The van der Waals surface area contributed by atoms with Crippen LogP contribution in [0.4, 0.5) is 17.1 Å². The Labute approximate surface area is 258 Å². The number of hydroxylamine groups is 1. The molecule has 230 valence electrons. The Bertz CT molecular complexity index is 1850. The van der Waals surface area contributed by atoms with E-state index in [-0.39, 0.29) is 22.0 Å². The molecule has 3 atom stereocenters. The summed E-state index contributed by atoms with van der Waals surface area (Å²) in [5.41, 5.74) is 0.902. The molecule has 2 saturated heterocycles. The molecule has 2 aliphatic rings. The Morgan fingerprint density at radius 1 is 0.844 bits per heavy atom. The van der Waals surface area contributed by atoms with Gasteiger partial charge < -0.3 is 8.92 Å².